The van der Waals surface area contributed by atoms with E-state index in [-0.39, 0.29) is 22.9 Å². The third-order valence-corrected chi connectivity index (χ3v) is 4.75. The molecule has 0 unspecified atom stereocenters. The van der Waals surface area contributed by atoms with Crippen molar-refractivity contribution in [2.45, 2.75) is 58.8 Å². The lowest BCUT2D eigenvalue weighted by atomic mass is 10.1. The molecule has 0 aromatic carbocycles. The highest BCUT2D eigenvalue weighted by Gasteiger charge is 2.32. The zero-order valence-corrected chi connectivity index (χ0v) is 18.6. The van der Waals surface area contributed by atoms with Crippen LogP contribution in [0.25, 0.3) is 5.65 Å². The van der Waals surface area contributed by atoms with Gasteiger partial charge in [-0.25, -0.2) is 19.1 Å². The van der Waals surface area contributed by atoms with Gasteiger partial charge in [0.2, 0.25) is 0 Å². The molecule has 2 aromatic rings. The van der Waals surface area contributed by atoms with Crippen molar-refractivity contribution >= 4 is 29.3 Å². The summed E-state index contributed by atoms with van der Waals surface area (Å²) in [5.41, 5.74) is 0.582. The fourth-order valence-electron chi connectivity index (χ4n) is 3.38. The second kappa shape index (κ2) is 8.77. The van der Waals surface area contributed by atoms with Gasteiger partial charge >= 0.3 is 12.1 Å². The van der Waals surface area contributed by atoms with Crippen LogP contribution in [-0.4, -0.2) is 63.0 Å². The second-order valence-corrected chi connectivity index (χ2v) is 8.52. The number of carbonyl (C=O) groups is 2. The number of aromatic nitrogens is 3. The number of carbonyl (C=O) groups excluding carboxylic acids is 2. The maximum atomic E-state index is 12.8. The van der Waals surface area contributed by atoms with E-state index in [1.54, 1.807) is 38.7 Å². The van der Waals surface area contributed by atoms with Crippen LogP contribution in [0.2, 0.25) is 5.15 Å². The molecule has 1 saturated heterocycles. The van der Waals surface area contributed by atoms with E-state index in [1.807, 2.05) is 6.92 Å². The van der Waals surface area contributed by atoms with E-state index in [0.717, 1.165) is 0 Å². The Morgan fingerprint density at radius 1 is 1.37 bits per heavy atom. The molecule has 1 fully saturated rings. The summed E-state index contributed by atoms with van der Waals surface area (Å²) in [6.45, 7) is 10.3. The predicted octanol–water partition coefficient (Wildman–Crippen LogP) is 3.65. The highest BCUT2D eigenvalue weighted by molar-refractivity contribution is 6.29. The zero-order valence-electron chi connectivity index (χ0n) is 17.8. The molecule has 2 aromatic heterocycles. The van der Waals surface area contributed by atoms with Gasteiger partial charge in [0.25, 0.3) is 0 Å². The summed E-state index contributed by atoms with van der Waals surface area (Å²) in [5.74, 6) is -0.520. The Morgan fingerprint density at radius 3 is 2.77 bits per heavy atom. The molecule has 0 N–H and O–H groups in total. The third-order valence-electron chi connectivity index (χ3n) is 4.56. The molecule has 9 nitrogen and oxygen atoms in total. The number of esters is 1. The van der Waals surface area contributed by atoms with E-state index in [2.05, 4.69) is 10.1 Å². The third kappa shape index (κ3) is 5.02. The Hall–Kier alpha value is -2.39. The molecule has 3 heterocycles. The van der Waals surface area contributed by atoms with Gasteiger partial charge in [-0.2, -0.15) is 5.10 Å². The van der Waals surface area contributed by atoms with Gasteiger partial charge in [0.15, 0.2) is 10.8 Å². The van der Waals surface area contributed by atoms with Gasteiger partial charge in [0, 0.05) is 18.8 Å². The molecule has 1 amide bonds. The summed E-state index contributed by atoms with van der Waals surface area (Å²) < 4.78 is 18.3. The highest BCUT2D eigenvalue weighted by atomic mass is 35.5. The number of ether oxygens (including phenoxy) is 3. The number of nitrogens with zero attached hydrogens (tertiary/aromatic N) is 4. The van der Waals surface area contributed by atoms with Crippen LogP contribution in [0, 0.1) is 0 Å². The van der Waals surface area contributed by atoms with Gasteiger partial charge in [0.1, 0.15) is 11.2 Å². The average Bonchev–Trinajstić information content (AvgIpc) is 3.24. The van der Waals surface area contributed by atoms with Gasteiger partial charge in [-0.1, -0.05) is 11.6 Å². The molecule has 164 valence electrons. The fraction of sp³-hybridized carbons (Fsp3) is 0.600. The summed E-state index contributed by atoms with van der Waals surface area (Å²) >= 11 is 6.07. The van der Waals surface area contributed by atoms with Crippen molar-refractivity contribution in [2.24, 2.45) is 0 Å². The summed E-state index contributed by atoms with van der Waals surface area (Å²) in [4.78, 5) is 30.7. The molecule has 0 bridgehead atoms. The fourth-order valence-corrected chi connectivity index (χ4v) is 3.55. The van der Waals surface area contributed by atoms with Gasteiger partial charge in [0.05, 0.1) is 31.1 Å². The van der Waals surface area contributed by atoms with E-state index in [0.29, 0.717) is 37.5 Å². The molecule has 0 aliphatic carbocycles. The molecular formula is C20H27ClN4O5. The van der Waals surface area contributed by atoms with Crippen LogP contribution < -0.4 is 0 Å². The molecular weight excluding hydrogens is 412 g/mol. The van der Waals surface area contributed by atoms with E-state index in [4.69, 9.17) is 25.8 Å². The van der Waals surface area contributed by atoms with E-state index in [1.165, 1.54) is 10.7 Å². The standard InChI is InChI=1S/C20H27ClN4O5/c1-6-28-19(27)24-8-7-13(11-24)29-12(2)17-14(18(26)30-20(3,4)5)10-22-16-9-15(21)23-25(16)17/h9-10,12-13H,6-8,11H2,1-5H3/t12-,13+/m0/s1. The van der Waals surface area contributed by atoms with E-state index >= 15 is 0 Å². The smallest absolute Gasteiger partial charge is 0.409 e. The van der Waals surface area contributed by atoms with Crippen LogP contribution in [0.4, 0.5) is 4.79 Å². The van der Waals surface area contributed by atoms with Crippen molar-refractivity contribution < 1.29 is 23.8 Å². The van der Waals surface area contributed by atoms with Crippen molar-refractivity contribution in [2.75, 3.05) is 19.7 Å². The minimum atomic E-state index is -0.666. The number of rotatable bonds is 5. The van der Waals surface area contributed by atoms with Crippen molar-refractivity contribution in [3.05, 3.63) is 28.7 Å². The Labute approximate surface area is 180 Å². The van der Waals surface area contributed by atoms with Gasteiger partial charge in [-0.3, -0.25) is 0 Å². The maximum Gasteiger partial charge on any atom is 0.409 e. The highest BCUT2D eigenvalue weighted by Crippen LogP contribution is 2.28. The molecule has 0 radical (unpaired) electrons. The monoisotopic (exact) mass is 438 g/mol. The van der Waals surface area contributed by atoms with Crippen LogP contribution in [0.1, 0.15) is 63.2 Å². The van der Waals surface area contributed by atoms with Crippen LogP contribution in [-0.2, 0) is 14.2 Å². The van der Waals surface area contributed by atoms with Gasteiger partial charge in [-0.05, 0) is 41.0 Å². The normalized spacial score (nSPS) is 17.9. The first kappa shape index (κ1) is 22.3. The number of hydrogen-bond donors (Lipinski definition) is 0. The lowest BCUT2D eigenvalue weighted by molar-refractivity contribution is -0.00570. The number of hydrogen-bond acceptors (Lipinski definition) is 7. The van der Waals surface area contributed by atoms with Crippen LogP contribution in [0.5, 0.6) is 0 Å². The Bertz CT molecular complexity index is 939. The van der Waals surface area contributed by atoms with Gasteiger partial charge < -0.3 is 19.1 Å². The summed E-state index contributed by atoms with van der Waals surface area (Å²) in [5, 5.41) is 4.52. The van der Waals surface area contributed by atoms with Crippen LogP contribution in [0.3, 0.4) is 0 Å². The van der Waals surface area contributed by atoms with E-state index in [9.17, 15) is 9.59 Å². The quantitative estimate of drug-likeness (QED) is 0.657. The number of amides is 1. The topological polar surface area (TPSA) is 95.3 Å². The first-order chi connectivity index (χ1) is 14.1. The Kier molecular flexibility index (Phi) is 6.52. The maximum absolute atomic E-state index is 12.8. The summed E-state index contributed by atoms with van der Waals surface area (Å²) in [6, 6.07) is 1.61. The Morgan fingerprint density at radius 2 is 2.10 bits per heavy atom. The molecule has 10 heteroatoms. The minimum absolute atomic E-state index is 0.204. The number of likely N-dealkylation sites (tertiary alicyclic amines) is 1. The lowest BCUT2D eigenvalue weighted by Gasteiger charge is -2.24. The second-order valence-electron chi connectivity index (χ2n) is 8.13. The van der Waals surface area contributed by atoms with Gasteiger partial charge in [-0.15, -0.1) is 0 Å². The minimum Gasteiger partial charge on any atom is -0.456 e. The van der Waals surface area contributed by atoms with Crippen molar-refractivity contribution in [1.29, 1.82) is 0 Å². The molecule has 0 spiro atoms. The zero-order chi connectivity index (χ0) is 22.1. The lowest BCUT2D eigenvalue weighted by Crippen LogP contribution is -2.31. The molecule has 3 rings (SSSR count). The summed E-state index contributed by atoms with van der Waals surface area (Å²) in [6.07, 6.45) is 1.04. The molecule has 0 saturated carbocycles. The molecule has 2 atom stereocenters. The van der Waals surface area contributed by atoms with Crippen molar-refractivity contribution in [3.63, 3.8) is 0 Å². The van der Waals surface area contributed by atoms with Crippen molar-refractivity contribution in [1.82, 2.24) is 19.5 Å². The van der Waals surface area contributed by atoms with Crippen LogP contribution in [0.15, 0.2) is 12.3 Å². The molecule has 30 heavy (non-hydrogen) atoms. The van der Waals surface area contributed by atoms with E-state index < -0.39 is 17.7 Å². The molecule has 1 aliphatic rings. The molecule has 1 aliphatic heterocycles. The number of halogens is 1. The SMILES string of the molecule is CCOC(=O)N1CC[C@@H](O[C@@H](C)c2c(C(=O)OC(C)(C)C)cnc3cc(Cl)nn23)C1. The number of fused-ring (bicyclic) bond motifs is 1. The first-order valence-corrected chi connectivity index (χ1v) is 10.3. The largest absolute Gasteiger partial charge is 0.456 e. The average molecular weight is 439 g/mol. The van der Waals surface area contributed by atoms with Crippen molar-refractivity contribution in [3.8, 4) is 0 Å². The van der Waals surface area contributed by atoms with Crippen LogP contribution >= 0.6 is 11.6 Å². The first-order valence-electron chi connectivity index (χ1n) is 9.93. The predicted molar refractivity (Wildman–Crippen MR) is 110 cm³/mol. The summed E-state index contributed by atoms with van der Waals surface area (Å²) in [7, 11) is 0. The Balaban J connectivity index is 1.87.